The van der Waals surface area contributed by atoms with Crippen LogP contribution in [0.25, 0.3) is 0 Å². The Bertz CT molecular complexity index is 591. The van der Waals surface area contributed by atoms with Crippen molar-refractivity contribution in [1.82, 2.24) is 0 Å². The molecule has 0 atom stereocenters. The van der Waals surface area contributed by atoms with Crippen LogP contribution >= 0.6 is 0 Å². The number of nitrogens with zero attached hydrogens (tertiary/aromatic N) is 1. The predicted octanol–water partition coefficient (Wildman–Crippen LogP) is 5.95. The van der Waals surface area contributed by atoms with Crippen LogP contribution in [0, 0.1) is 10.1 Å². The van der Waals surface area contributed by atoms with Crippen molar-refractivity contribution >= 4 is 6.29 Å². The average molecular weight is 354 g/mol. The Hall–Kier alpha value is -2.75. The van der Waals surface area contributed by atoms with E-state index in [0.717, 1.165) is 19.3 Å². The number of rotatable bonds is 14. The van der Waals surface area contributed by atoms with Gasteiger partial charge in [-0.1, -0.05) is 79.8 Å². The standard InChI is InChI=1S/C22H28NO3/c1-2-22(23(25)26)20-18-16-14-12-10-8-6-4-3-5-7-9-11-13-15-17-19-21-24/h3-10,13-16,20H,2,11-12,17-19H2,1H3/b5-3+,6-4+,9-7+,10-8+,15-13+,16-14+,22-20-. The molecule has 0 aliphatic rings. The minimum absolute atomic E-state index is 0.265. The molecule has 4 nitrogen and oxygen atoms in total. The molecule has 0 rings (SSSR count). The number of carbonyl (C=O) groups excluding carboxylic acids is 1. The van der Waals surface area contributed by atoms with E-state index in [-0.39, 0.29) is 10.6 Å². The molecule has 26 heavy (non-hydrogen) atoms. The summed E-state index contributed by atoms with van der Waals surface area (Å²) in [5, 5.41) is 10.6. The third kappa shape index (κ3) is 16.1. The van der Waals surface area contributed by atoms with Crippen molar-refractivity contribution in [3.8, 4) is 0 Å². The number of unbranched alkanes of at least 4 members (excludes halogenated alkanes) is 1. The summed E-state index contributed by atoms with van der Waals surface area (Å²) in [6.07, 6.45) is 31.2. The van der Waals surface area contributed by atoms with Crippen LogP contribution in [0.4, 0.5) is 0 Å². The fourth-order valence-corrected chi connectivity index (χ4v) is 1.83. The van der Waals surface area contributed by atoms with Gasteiger partial charge in [0, 0.05) is 12.8 Å². The summed E-state index contributed by atoms with van der Waals surface area (Å²) in [4.78, 5) is 20.3. The summed E-state index contributed by atoms with van der Waals surface area (Å²) in [6, 6.07) is 0. The lowest BCUT2D eigenvalue weighted by Gasteiger charge is -1.91. The highest BCUT2D eigenvalue weighted by molar-refractivity contribution is 5.50. The smallest absolute Gasteiger partial charge is 0.242 e. The van der Waals surface area contributed by atoms with Crippen molar-refractivity contribution in [3.63, 3.8) is 0 Å². The van der Waals surface area contributed by atoms with Crippen molar-refractivity contribution in [3.05, 3.63) is 94.8 Å². The summed E-state index contributed by atoms with van der Waals surface area (Å²) < 4.78 is 0. The zero-order chi connectivity index (χ0) is 19.3. The molecule has 0 unspecified atom stereocenters. The number of hydrogen-bond donors (Lipinski definition) is 0. The molecular weight excluding hydrogens is 326 g/mol. The molecule has 0 N–H and O–H groups in total. The third-order valence-electron chi connectivity index (χ3n) is 3.20. The van der Waals surface area contributed by atoms with Crippen molar-refractivity contribution in [2.75, 3.05) is 0 Å². The normalized spacial score (nSPS) is 13.5. The van der Waals surface area contributed by atoms with Gasteiger partial charge in [-0.3, -0.25) is 14.9 Å². The zero-order valence-corrected chi connectivity index (χ0v) is 15.4. The number of hydrogen-bond acceptors (Lipinski definition) is 3. The van der Waals surface area contributed by atoms with Crippen molar-refractivity contribution < 1.29 is 9.72 Å². The summed E-state index contributed by atoms with van der Waals surface area (Å²) in [5.41, 5.74) is 0.265. The second-order valence-electron chi connectivity index (χ2n) is 5.27. The first-order valence-electron chi connectivity index (χ1n) is 8.85. The largest absolute Gasteiger partial charge is 0.291 e. The van der Waals surface area contributed by atoms with Gasteiger partial charge in [0.15, 0.2) is 6.29 Å². The van der Waals surface area contributed by atoms with E-state index in [2.05, 4.69) is 0 Å². The van der Waals surface area contributed by atoms with Gasteiger partial charge < -0.3 is 0 Å². The Kier molecular flexibility index (Phi) is 16.6. The molecule has 4 heteroatoms. The van der Waals surface area contributed by atoms with Gasteiger partial charge in [-0.2, -0.15) is 0 Å². The lowest BCUT2D eigenvalue weighted by Crippen LogP contribution is -1.96. The highest BCUT2D eigenvalue weighted by Gasteiger charge is 2.03. The molecule has 0 aromatic rings. The van der Waals surface area contributed by atoms with Gasteiger partial charge >= 0.3 is 0 Å². The van der Waals surface area contributed by atoms with Crippen molar-refractivity contribution in [1.29, 1.82) is 0 Å². The van der Waals surface area contributed by atoms with E-state index >= 15 is 0 Å². The van der Waals surface area contributed by atoms with Crippen molar-refractivity contribution in [2.45, 2.75) is 45.4 Å². The van der Waals surface area contributed by atoms with E-state index in [1.54, 1.807) is 13.0 Å². The van der Waals surface area contributed by atoms with Gasteiger partial charge in [0.05, 0.1) is 4.92 Å². The second-order valence-corrected chi connectivity index (χ2v) is 5.27. The molecule has 0 aliphatic carbocycles. The molecule has 0 aliphatic heterocycles. The summed E-state index contributed by atoms with van der Waals surface area (Å²) in [5.74, 6) is 0. The van der Waals surface area contributed by atoms with Crippen LogP contribution in [-0.2, 0) is 4.79 Å². The van der Waals surface area contributed by atoms with Crippen LogP contribution in [0.1, 0.15) is 45.4 Å². The number of allylic oxidation sites excluding steroid dienone is 14. The maximum Gasteiger partial charge on any atom is 0.242 e. The summed E-state index contributed by atoms with van der Waals surface area (Å²) in [6.45, 7) is 1.78. The first kappa shape index (κ1) is 23.2. The van der Waals surface area contributed by atoms with E-state index in [4.69, 9.17) is 0 Å². The van der Waals surface area contributed by atoms with Gasteiger partial charge in [0.25, 0.3) is 0 Å². The first-order valence-corrected chi connectivity index (χ1v) is 8.85. The molecule has 0 heterocycles. The maximum absolute atomic E-state index is 10.6. The van der Waals surface area contributed by atoms with Crippen LogP contribution in [0.5, 0.6) is 0 Å². The predicted molar refractivity (Wildman–Crippen MR) is 109 cm³/mol. The Morgan fingerprint density at radius 1 is 0.846 bits per heavy atom. The Labute approximate surface area is 156 Å². The Morgan fingerprint density at radius 2 is 1.38 bits per heavy atom. The van der Waals surface area contributed by atoms with Crippen LogP contribution in [-0.4, -0.2) is 11.2 Å². The molecule has 0 spiro atoms. The molecule has 0 saturated heterocycles. The molecule has 1 radical (unpaired) electrons. The van der Waals surface area contributed by atoms with Crippen molar-refractivity contribution in [2.24, 2.45) is 0 Å². The minimum Gasteiger partial charge on any atom is -0.291 e. The highest BCUT2D eigenvalue weighted by Crippen LogP contribution is 2.03. The van der Waals surface area contributed by atoms with E-state index in [1.165, 1.54) is 0 Å². The summed E-state index contributed by atoms with van der Waals surface area (Å²) in [7, 11) is 0. The molecule has 0 aromatic carbocycles. The average Bonchev–Trinajstić information content (AvgIpc) is 2.63. The van der Waals surface area contributed by atoms with E-state index < -0.39 is 0 Å². The molecule has 0 saturated carbocycles. The molecule has 0 bridgehead atoms. The van der Waals surface area contributed by atoms with Crippen LogP contribution < -0.4 is 0 Å². The molecule has 0 fully saturated rings. The van der Waals surface area contributed by atoms with Crippen LogP contribution in [0.2, 0.25) is 0 Å². The second kappa shape index (κ2) is 18.6. The molecule has 0 amide bonds. The quantitative estimate of drug-likeness (QED) is 0.127. The van der Waals surface area contributed by atoms with Gasteiger partial charge in [-0.25, -0.2) is 0 Å². The lowest BCUT2D eigenvalue weighted by molar-refractivity contribution is -0.427. The van der Waals surface area contributed by atoms with Gasteiger partial charge in [0.1, 0.15) is 0 Å². The zero-order valence-electron chi connectivity index (χ0n) is 15.4. The van der Waals surface area contributed by atoms with E-state index in [0.29, 0.717) is 19.3 Å². The number of nitro groups is 1. The maximum atomic E-state index is 10.6. The molecule has 0 aromatic heterocycles. The van der Waals surface area contributed by atoms with Gasteiger partial charge in [-0.15, -0.1) is 0 Å². The Balaban J connectivity index is 3.84. The monoisotopic (exact) mass is 354 g/mol. The van der Waals surface area contributed by atoms with Crippen LogP contribution in [0.15, 0.2) is 84.7 Å². The van der Waals surface area contributed by atoms with Crippen LogP contribution in [0.3, 0.4) is 0 Å². The molecule has 139 valence electrons. The summed E-state index contributed by atoms with van der Waals surface area (Å²) >= 11 is 0. The van der Waals surface area contributed by atoms with Gasteiger partial charge in [-0.05, 0) is 31.8 Å². The fourth-order valence-electron chi connectivity index (χ4n) is 1.83. The lowest BCUT2D eigenvalue weighted by atomic mass is 10.2. The van der Waals surface area contributed by atoms with E-state index in [9.17, 15) is 14.9 Å². The van der Waals surface area contributed by atoms with Gasteiger partial charge in [0.2, 0.25) is 5.70 Å². The first-order chi connectivity index (χ1) is 12.7. The van der Waals surface area contributed by atoms with E-state index in [1.807, 2.05) is 79.2 Å². The Morgan fingerprint density at radius 3 is 1.92 bits per heavy atom. The fraction of sp³-hybridized carbons (Fsp3) is 0.318. The minimum atomic E-state index is -0.327. The molecular formula is C22H28NO3. The third-order valence-corrected chi connectivity index (χ3v) is 3.20. The topological polar surface area (TPSA) is 60.2 Å². The highest BCUT2D eigenvalue weighted by atomic mass is 16.6. The SMILES string of the molecule is CC/C(=C/C/C=C/C/C=C/C=C/C=C/C=C/C/C=C/CC[C]=O)[N+](=O)[O-].